The summed E-state index contributed by atoms with van der Waals surface area (Å²) in [5.74, 6) is 0.457. The lowest BCUT2D eigenvalue weighted by molar-refractivity contribution is 0.601. The molecule has 0 spiro atoms. The van der Waals surface area contributed by atoms with Crippen LogP contribution in [0, 0.1) is 11.3 Å². The van der Waals surface area contributed by atoms with E-state index >= 15 is 0 Å². The van der Waals surface area contributed by atoms with Crippen LogP contribution in [-0.2, 0) is 9.84 Å². The van der Waals surface area contributed by atoms with E-state index in [0.717, 1.165) is 11.1 Å². The number of hydrogen-bond donors (Lipinski definition) is 1. The first-order chi connectivity index (χ1) is 12.9. The summed E-state index contributed by atoms with van der Waals surface area (Å²) >= 11 is 5.99. The lowest BCUT2D eigenvalue weighted by atomic mass is 9.99. The summed E-state index contributed by atoms with van der Waals surface area (Å²) in [4.78, 5) is 8.42. The average Bonchev–Trinajstić information content (AvgIpc) is 2.67. The molecule has 0 saturated heterocycles. The van der Waals surface area contributed by atoms with Crippen molar-refractivity contribution in [3.05, 3.63) is 82.8 Å². The Morgan fingerprint density at radius 1 is 1.07 bits per heavy atom. The molecule has 6 nitrogen and oxygen atoms in total. The number of halogens is 1. The van der Waals surface area contributed by atoms with Crippen molar-refractivity contribution in [1.82, 2.24) is 9.97 Å². The predicted octanol–water partition coefficient (Wildman–Crippen LogP) is 3.61. The zero-order valence-electron chi connectivity index (χ0n) is 14.3. The maximum atomic E-state index is 11.9. The van der Waals surface area contributed by atoms with Gasteiger partial charge in [0.05, 0.1) is 23.3 Å². The molecule has 1 N–H and O–H groups in total. The van der Waals surface area contributed by atoms with Gasteiger partial charge < -0.3 is 5.32 Å². The van der Waals surface area contributed by atoms with E-state index < -0.39 is 9.84 Å². The Labute approximate surface area is 162 Å². The largest absolute Gasteiger partial charge is 0.358 e. The highest BCUT2D eigenvalue weighted by molar-refractivity contribution is 7.90. The van der Waals surface area contributed by atoms with Gasteiger partial charge in [0, 0.05) is 11.3 Å². The van der Waals surface area contributed by atoms with E-state index in [1.165, 1.54) is 18.6 Å². The van der Waals surface area contributed by atoms with E-state index in [9.17, 15) is 8.42 Å². The van der Waals surface area contributed by atoms with E-state index in [2.05, 4.69) is 15.3 Å². The molecule has 0 fully saturated rings. The second-order valence-corrected chi connectivity index (χ2v) is 8.32. The number of nitriles is 1. The third-order valence-electron chi connectivity index (χ3n) is 3.88. The number of anilines is 1. The molecule has 0 aliphatic rings. The van der Waals surface area contributed by atoms with Crippen molar-refractivity contribution in [2.24, 2.45) is 0 Å². The van der Waals surface area contributed by atoms with Crippen LogP contribution >= 0.6 is 11.6 Å². The fraction of sp³-hybridized carbons (Fsp3) is 0.105. The quantitative estimate of drug-likeness (QED) is 0.705. The monoisotopic (exact) mass is 398 g/mol. The van der Waals surface area contributed by atoms with E-state index in [-0.39, 0.29) is 16.6 Å². The maximum Gasteiger partial charge on any atom is 0.175 e. The fourth-order valence-electron chi connectivity index (χ4n) is 2.55. The maximum absolute atomic E-state index is 11.9. The van der Waals surface area contributed by atoms with Crippen molar-refractivity contribution in [1.29, 1.82) is 5.26 Å². The molecule has 1 heterocycles. The molecule has 0 amide bonds. The van der Waals surface area contributed by atoms with Gasteiger partial charge in [-0.2, -0.15) is 5.26 Å². The van der Waals surface area contributed by atoms with Crippen LogP contribution in [0.3, 0.4) is 0 Å². The van der Waals surface area contributed by atoms with Crippen LogP contribution in [0.2, 0.25) is 5.02 Å². The van der Waals surface area contributed by atoms with Crippen LogP contribution in [0.5, 0.6) is 0 Å². The summed E-state index contributed by atoms with van der Waals surface area (Å²) in [7, 11) is -3.34. The van der Waals surface area contributed by atoms with Crippen LogP contribution in [-0.4, -0.2) is 24.6 Å². The molecule has 0 bridgehead atoms. The van der Waals surface area contributed by atoms with Crippen LogP contribution in [0.4, 0.5) is 5.82 Å². The van der Waals surface area contributed by atoms with Crippen LogP contribution < -0.4 is 5.32 Å². The second-order valence-electron chi connectivity index (χ2n) is 5.87. The Morgan fingerprint density at radius 3 is 2.41 bits per heavy atom. The van der Waals surface area contributed by atoms with Crippen molar-refractivity contribution in [3.63, 3.8) is 0 Å². The van der Waals surface area contributed by atoms with Gasteiger partial charge in [-0.1, -0.05) is 35.9 Å². The molecule has 0 aliphatic carbocycles. The molecular weight excluding hydrogens is 384 g/mol. The fourth-order valence-corrected chi connectivity index (χ4v) is 3.35. The van der Waals surface area contributed by atoms with Gasteiger partial charge in [0.1, 0.15) is 11.9 Å². The Bertz CT molecular complexity index is 1090. The van der Waals surface area contributed by atoms with Crippen LogP contribution in [0.25, 0.3) is 0 Å². The van der Waals surface area contributed by atoms with Gasteiger partial charge >= 0.3 is 0 Å². The van der Waals surface area contributed by atoms with Gasteiger partial charge in [-0.25, -0.2) is 18.4 Å². The van der Waals surface area contributed by atoms with Gasteiger partial charge in [0.2, 0.25) is 0 Å². The van der Waals surface area contributed by atoms with Gasteiger partial charge in [-0.3, -0.25) is 0 Å². The minimum atomic E-state index is -3.34. The molecular formula is C19H15ClN4O2S. The SMILES string of the molecule is CS(=O)(=O)c1cccc(C(Nc2cnc(C#N)cn2)c2ccc(Cl)cc2)c1. The normalized spacial score (nSPS) is 12.2. The molecule has 3 rings (SSSR count). The summed E-state index contributed by atoms with van der Waals surface area (Å²) < 4.78 is 23.9. The molecule has 1 atom stereocenters. The summed E-state index contributed by atoms with van der Waals surface area (Å²) in [6.45, 7) is 0. The first kappa shape index (κ1) is 18.8. The highest BCUT2D eigenvalue weighted by atomic mass is 35.5. The molecule has 8 heteroatoms. The van der Waals surface area contributed by atoms with E-state index in [1.54, 1.807) is 30.3 Å². The second kappa shape index (κ2) is 7.74. The average molecular weight is 399 g/mol. The smallest absolute Gasteiger partial charge is 0.175 e. The number of benzene rings is 2. The number of aromatic nitrogens is 2. The topological polar surface area (TPSA) is 95.7 Å². The number of hydrogen-bond acceptors (Lipinski definition) is 6. The van der Waals surface area contributed by atoms with Gasteiger partial charge in [0.15, 0.2) is 15.5 Å². The van der Waals surface area contributed by atoms with Gasteiger partial charge in [-0.15, -0.1) is 0 Å². The molecule has 27 heavy (non-hydrogen) atoms. The minimum absolute atomic E-state index is 0.211. The van der Waals surface area contributed by atoms with Crippen molar-refractivity contribution < 1.29 is 8.42 Å². The lowest BCUT2D eigenvalue weighted by Crippen LogP contribution is -2.14. The summed E-state index contributed by atoms with van der Waals surface area (Å²) in [6.07, 6.45) is 4.00. The summed E-state index contributed by atoms with van der Waals surface area (Å²) in [6, 6.07) is 15.5. The zero-order chi connectivity index (χ0) is 19.4. The zero-order valence-corrected chi connectivity index (χ0v) is 15.9. The molecule has 1 aromatic heterocycles. The van der Waals surface area contributed by atoms with Crippen molar-refractivity contribution in [3.8, 4) is 6.07 Å². The van der Waals surface area contributed by atoms with Gasteiger partial charge in [-0.05, 0) is 35.4 Å². The highest BCUT2D eigenvalue weighted by Gasteiger charge is 2.17. The van der Waals surface area contributed by atoms with Gasteiger partial charge in [0.25, 0.3) is 0 Å². The molecule has 0 aliphatic heterocycles. The Hall–Kier alpha value is -2.95. The summed E-state index contributed by atoms with van der Waals surface area (Å²) in [5, 5.41) is 12.7. The minimum Gasteiger partial charge on any atom is -0.358 e. The van der Waals surface area contributed by atoms with Crippen LogP contribution in [0.15, 0.2) is 65.8 Å². The highest BCUT2D eigenvalue weighted by Crippen LogP contribution is 2.28. The molecule has 2 aromatic carbocycles. The first-order valence-electron chi connectivity index (χ1n) is 7.91. The number of nitrogens with one attached hydrogen (secondary N) is 1. The third-order valence-corrected chi connectivity index (χ3v) is 5.24. The molecule has 136 valence electrons. The van der Waals surface area contributed by atoms with E-state index in [4.69, 9.17) is 16.9 Å². The third kappa shape index (κ3) is 4.61. The molecule has 3 aromatic rings. The van der Waals surface area contributed by atoms with Crippen molar-refractivity contribution in [2.75, 3.05) is 11.6 Å². The van der Waals surface area contributed by atoms with E-state index in [0.29, 0.717) is 10.8 Å². The number of nitrogens with zero attached hydrogens (tertiary/aromatic N) is 3. The number of sulfone groups is 1. The lowest BCUT2D eigenvalue weighted by Gasteiger charge is -2.21. The molecule has 0 radical (unpaired) electrons. The Kier molecular flexibility index (Phi) is 5.40. The first-order valence-corrected chi connectivity index (χ1v) is 10.2. The molecule has 0 saturated carbocycles. The van der Waals surface area contributed by atoms with Crippen molar-refractivity contribution >= 4 is 27.3 Å². The Balaban J connectivity index is 2.04. The summed E-state index contributed by atoms with van der Waals surface area (Å²) in [5.41, 5.74) is 1.82. The van der Waals surface area contributed by atoms with E-state index in [1.807, 2.05) is 24.3 Å². The van der Waals surface area contributed by atoms with Crippen LogP contribution in [0.1, 0.15) is 22.9 Å². The number of rotatable bonds is 5. The molecule has 1 unspecified atom stereocenters. The van der Waals surface area contributed by atoms with Crippen molar-refractivity contribution in [2.45, 2.75) is 10.9 Å². The Morgan fingerprint density at radius 2 is 1.81 bits per heavy atom. The predicted molar refractivity (Wildman–Crippen MR) is 103 cm³/mol. The standard InChI is InChI=1S/C19H15ClN4O2S/c1-27(25,26)17-4-2-3-14(9-17)19(13-5-7-15(20)8-6-13)24-18-12-22-16(10-21)11-23-18/h2-9,11-12,19H,1H3,(H,23,24).